The fourth-order valence-electron chi connectivity index (χ4n) is 2.83. The van der Waals surface area contributed by atoms with Crippen LogP contribution in [0.3, 0.4) is 0 Å². The van der Waals surface area contributed by atoms with Gasteiger partial charge in [0.2, 0.25) is 5.91 Å². The van der Waals surface area contributed by atoms with Crippen LogP contribution in [0.25, 0.3) is 11.0 Å². The van der Waals surface area contributed by atoms with Crippen molar-refractivity contribution >= 4 is 46.0 Å². The summed E-state index contributed by atoms with van der Waals surface area (Å²) in [5.74, 6) is 0.473. The molecule has 6 heteroatoms. The molecule has 0 saturated carbocycles. The van der Waals surface area contributed by atoms with Gasteiger partial charge in [-0.25, -0.2) is 4.98 Å². The molecule has 1 N–H and O–H groups in total. The van der Waals surface area contributed by atoms with Gasteiger partial charge in [-0.15, -0.1) is 0 Å². The zero-order chi connectivity index (χ0) is 15.8. The molecule has 1 amide bonds. The van der Waals surface area contributed by atoms with Crippen molar-refractivity contribution in [1.82, 2.24) is 9.97 Å². The Morgan fingerprint density at radius 2 is 2.17 bits per heavy atom. The minimum absolute atomic E-state index is 0.110. The van der Waals surface area contributed by atoms with Crippen LogP contribution in [0.15, 0.2) is 47.6 Å². The van der Waals surface area contributed by atoms with E-state index >= 15 is 0 Å². The van der Waals surface area contributed by atoms with Gasteiger partial charge in [0, 0.05) is 17.3 Å². The summed E-state index contributed by atoms with van der Waals surface area (Å²) >= 11 is 7.39. The largest absolute Gasteiger partial charge is 0.333 e. The molecule has 0 fully saturated rings. The smallest absolute Gasteiger partial charge is 0.237 e. The number of nitrogens with one attached hydrogen (secondary N) is 1. The Morgan fingerprint density at radius 1 is 1.30 bits per heavy atom. The van der Waals surface area contributed by atoms with Gasteiger partial charge in [-0.05, 0) is 36.2 Å². The summed E-state index contributed by atoms with van der Waals surface area (Å²) in [6.45, 7) is 0.758. The summed E-state index contributed by atoms with van der Waals surface area (Å²) in [5.41, 5.74) is 4.02. The first-order valence-electron chi connectivity index (χ1n) is 7.37. The van der Waals surface area contributed by atoms with Gasteiger partial charge in [0.1, 0.15) is 0 Å². The fraction of sp³-hybridized carbons (Fsp3) is 0.176. The Hall–Kier alpha value is -1.98. The van der Waals surface area contributed by atoms with Crippen molar-refractivity contribution in [1.29, 1.82) is 0 Å². The number of thioether (sulfide) groups is 1. The number of H-pyrrole nitrogens is 1. The summed E-state index contributed by atoms with van der Waals surface area (Å²) in [6.07, 6.45) is 0.926. The number of hydrogen-bond acceptors (Lipinski definition) is 3. The first kappa shape index (κ1) is 14.6. The molecular formula is C17H14ClN3OS. The van der Waals surface area contributed by atoms with E-state index in [9.17, 15) is 4.79 Å². The van der Waals surface area contributed by atoms with Gasteiger partial charge in [-0.3, -0.25) is 4.79 Å². The Bertz CT molecular complexity index is 892. The van der Waals surface area contributed by atoms with Crippen LogP contribution in [0.4, 0.5) is 5.69 Å². The lowest BCUT2D eigenvalue weighted by Crippen LogP contribution is -2.30. The van der Waals surface area contributed by atoms with Gasteiger partial charge in [0.05, 0.1) is 16.8 Å². The second kappa shape index (κ2) is 5.91. The highest BCUT2D eigenvalue weighted by Crippen LogP contribution is 2.29. The third kappa shape index (κ3) is 2.82. The van der Waals surface area contributed by atoms with Crippen molar-refractivity contribution in [3.05, 3.63) is 53.1 Å². The number of amides is 1. The Labute approximate surface area is 142 Å². The number of aromatic nitrogens is 2. The van der Waals surface area contributed by atoms with Gasteiger partial charge >= 0.3 is 0 Å². The van der Waals surface area contributed by atoms with E-state index < -0.39 is 0 Å². The SMILES string of the molecule is O=C(CSc1nc2ccc(Cl)cc2[nH]1)N1CCc2ccccc21. The molecule has 116 valence electrons. The van der Waals surface area contributed by atoms with Crippen molar-refractivity contribution in [3.63, 3.8) is 0 Å². The number of nitrogens with zero attached hydrogens (tertiary/aromatic N) is 2. The Balaban J connectivity index is 1.47. The van der Waals surface area contributed by atoms with Crippen LogP contribution in [-0.2, 0) is 11.2 Å². The standard InChI is InChI=1S/C17H14ClN3OS/c18-12-5-6-13-14(9-12)20-17(19-13)23-10-16(22)21-8-7-11-3-1-2-4-15(11)21/h1-6,9H,7-8,10H2,(H,19,20). The van der Waals surface area contributed by atoms with E-state index in [-0.39, 0.29) is 5.91 Å². The van der Waals surface area contributed by atoms with E-state index in [0.717, 1.165) is 34.8 Å². The topological polar surface area (TPSA) is 49.0 Å². The molecule has 0 spiro atoms. The molecule has 0 aliphatic carbocycles. The maximum absolute atomic E-state index is 12.5. The number of rotatable bonds is 3. The minimum atomic E-state index is 0.110. The van der Waals surface area contributed by atoms with Gasteiger partial charge in [0.15, 0.2) is 5.16 Å². The fourth-order valence-corrected chi connectivity index (χ4v) is 3.77. The number of carbonyl (C=O) groups excluding carboxylic acids is 1. The number of halogens is 1. The quantitative estimate of drug-likeness (QED) is 0.734. The predicted octanol–water partition coefficient (Wildman–Crippen LogP) is 3.90. The van der Waals surface area contributed by atoms with Crippen LogP contribution in [0.5, 0.6) is 0 Å². The van der Waals surface area contributed by atoms with Crippen molar-refractivity contribution in [2.75, 3.05) is 17.2 Å². The minimum Gasteiger partial charge on any atom is -0.333 e. The van der Waals surface area contributed by atoms with E-state index in [1.807, 2.05) is 41.3 Å². The molecule has 3 aromatic rings. The van der Waals surface area contributed by atoms with Crippen LogP contribution >= 0.6 is 23.4 Å². The second-order valence-corrected chi connectivity index (χ2v) is 6.82. The van der Waals surface area contributed by atoms with Gasteiger partial charge in [-0.2, -0.15) is 0 Å². The summed E-state index contributed by atoms with van der Waals surface area (Å²) in [6, 6.07) is 13.6. The molecule has 2 heterocycles. The van der Waals surface area contributed by atoms with Crippen LogP contribution in [0, 0.1) is 0 Å². The molecule has 0 atom stereocenters. The van der Waals surface area contributed by atoms with Gasteiger partial charge in [0.25, 0.3) is 0 Å². The molecule has 1 aliphatic heterocycles. The average molecular weight is 344 g/mol. The number of imidazole rings is 1. The lowest BCUT2D eigenvalue weighted by atomic mass is 10.2. The van der Waals surface area contributed by atoms with Crippen LogP contribution in [0.2, 0.25) is 5.02 Å². The van der Waals surface area contributed by atoms with Crippen LogP contribution in [-0.4, -0.2) is 28.2 Å². The summed E-state index contributed by atoms with van der Waals surface area (Å²) in [5, 5.41) is 1.41. The van der Waals surface area contributed by atoms with E-state index in [1.54, 1.807) is 0 Å². The molecule has 4 rings (SSSR count). The molecule has 0 bridgehead atoms. The number of carbonyl (C=O) groups is 1. The molecule has 4 nitrogen and oxygen atoms in total. The van der Waals surface area contributed by atoms with Crippen molar-refractivity contribution < 1.29 is 4.79 Å². The number of benzene rings is 2. The van der Waals surface area contributed by atoms with Crippen molar-refractivity contribution in [2.45, 2.75) is 11.6 Å². The zero-order valence-electron chi connectivity index (χ0n) is 12.3. The molecule has 0 radical (unpaired) electrons. The third-order valence-corrected chi connectivity index (χ3v) is 5.04. The highest BCUT2D eigenvalue weighted by Gasteiger charge is 2.24. The first-order chi connectivity index (χ1) is 11.2. The lowest BCUT2D eigenvalue weighted by Gasteiger charge is -2.16. The third-order valence-electron chi connectivity index (χ3n) is 3.94. The van der Waals surface area contributed by atoms with Gasteiger partial charge < -0.3 is 9.88 Å². The van der Waals surface area contributed by atoms with E-state index in [1.165, 1.54) is 17.3 Å². The first-order valence-corrected chi connectivity index (χ1v) is 8.73. The van der Waals surface area contributed by atoms with E-state index in [0.29, 0.717) is 10.8 Å². The molecule has 1 aliphatic rings. The number of para-hydroxylation sites is 1. The maximum Gasteiger partial charge on any atom is 0.237 e. The molecule has 0 saturated heterocycles. The maximum atomic E-state index is 12.5. The number of anilines is 1. The summed E-state index contributed by atoms with van der Waals surface area (Å²) in [7, 11) is 0. The number of fused-ring (bicyclic) bond motifs is 2. The van der Waals surface area contributed by atoms with E-state index in [2.05, 4.69) is 16.0 Å². The van der Waals surface area contributed by atoms with Crippen LogP contribution in [0.1, 0.15) is 5.56 Å². The number of hydrogen-bond donors (Lipinski definition) is 1. The van der Waals surface area contributed by atoms with Crippen molar-refractivity contribution in [2.24, 2.45) is 0 Å². The zero-order valence-corrected chi connectivity index (χ0v) is 13.8. The Morgan fingerprint density at radius 3 is 3.09 bits per heavy atom. The predicted molar refractivity (Wildman–Crippen MR) is 94.3 cm³/mol. The molecule has 23 heavy (non-hydrogen) atoms. The summed E-state index contributed by atoms with van der Waals surface area (Å²) in [4.78, 5) is 22.0. The molecule has 2 aromatic carbocycles. The normalized spacial score (nSPS) is 13.5. The van der Waals surface area contributed by atoms with E-state index in [4.69, 9.17) is 11.6 Å². The molecule has 1 aromatic heterocycles. The molecular weight excluding hydrogens is 330 g/mol. The van der Waals surface area contributed by atoms with Gasteiger partial charge in [-0.1, -0.05) is 41.6 Å². The highest BCUT2D eigenvalue weighted by molar-refractivity contribution is 7.99. The van der Waals surface area contributed by atoms with Crippen LogP contribution < -0.4 is 4.90 Å². The highest BCUT2D eigenvalue weighted by atomic mass is 35.5. The average Bonchev–Trinajstić information content (AvgIpc) is 3.15. The number of aromatic amines is 1. The van der Waals surface area contributed by atoms with Crippen molar-refractivity contribution in [3.8, 4) is 0 Å². The lowest BCUT2D eigenvalue weighted by molar-refractivity contribution is -0.116. The summed E-state index contributed by atoms with van der Waals surface area (Å²) < 4.78 is 0. The monoisotopic (exact) mass is 343 g/mol. The second-order valence-electron chi connectivity index (χ2n) is 5.42. The molecule has 0 unspecified atom stereocenters. The Kier molecular flexibility index (Phi) is 3.75.